The highest BCUT2D eigenvalue weighted by Gasteiger charge is 2.32. The average Bonchev–Trinajstić information content (AvgIpc) is 2.64. The Labute approximate surface area is 166 Å². The molecule has 0 heterocycles. The summed E-state index contributed by atoms with van der Waals surface area (Å²) in [6, 6.07) is 3.18. The normalized spacial score (nSPS) is 13.8. The first-order valence-corrected chi connectivity index (χ1v) is 8.65. The van der Waals surface area contributed by atoms with Gasteiger partial charge in [-0.2, -0.15) is 13.2 Å². The van der Waals surface area contributed by atoms with Gasteiger partial charge in [-0.3, -0.25) is 10.1 Å². The highest BCUT2D eigenvalue weighted by atomic mass is 19.4. The highest BCUT2D eigenvalue weighted by molar-refractivity contribution is 6.14. The van der Waals surface area contributed by atoms with Crippen LogP contribution in [0.3, 0.4) is 0 Å². The van der Waals surface area contributed by atoms with Crippen molar-refractivity contribution in [3.63, 3.8) is 0 Å². The van der Waals surface area contributed by atoms with Gasteiger partial charge in [0.25, 0.3) is 0 Å². The van der Waals surface area contributed by atoms with E-state index in [4.69, 9.17) is 5.41 Å². The van der Waals surface area contributed by atoms with Gasteiger partial charge in [-0.1, -0.05) is 32.9 Å². The molecule has 0 fully saturated rings. The van der Waals surface area contributed by atoms with Crippen molar-refractivity contribution in [3.8, 4) is 0 Å². The van der Waals surface area contributed by atoms with Crippen molar-refractivity contribution in [2.24, 2.45) is 5.41 Å². The molecule has 0 aliphatic heterocycles. The van der Waals surface area contributed by atoms with Crippen molar-refractivity contribution in [1.82, 2.24) is 16.0 Å². The number of carbonyl (C=O) groups is 2. The van der Waals surface area contributed by atoms with Crippen LogP contribution in [0.4, 0.5) is 18.0 Å². The summed E-state index contributed by atoms with van der Waals surface area (Å²) in [5.41, 5.74) is -1.60. The quantitative estimate of drug-likeness (QED) is 0.268. The summed E-state index contributed by atoms with van der Waals surface area (Å²) >= 11 is 0. The lowest BCUT2D eigenvalue weighted by Crippen LogP contribution is -2.43. The molecule has 0 aliphatic rings. The Hall–Kier alpha value is -2.88. The van der Waals surface area contributed by atoms with Gasteiger partial charge in [-0.25, -0.2) is 4.79 Å². The van der Waals surface area contributed by atoms with Gasteiger partial charge >= 0.3 is 12.2 Å². The van der Waals surface area contributed by atoms with Crippen molar-refractivity contribution < 1.29 is 27.9 Å². The fraction of sp³-hybridized carbons (Fsp3) is 0.421. The largest absolute Gasteiger partial charge is 0.416 e. The molecule has 5 N–H and O–H groups in total. The number of rotatable bonds is 7. The predicted molar refractivity (Wildman–Crippen MR) is 102 cm³/mol. The molecule has 1 rings (SSSR count). The third kappa shape index (κ3) is 6.60. The van der Waals surface area contributed by atoms with E-state index >= 15 is 0 Å². The molecular weight excluding hydrogens is 389 g/mol. The standard InChI is InChI=1S/C19H25F3N4O3/c1-18(2,3)15(11-5-7-12(8-6-11)19(20,21)22)25-16(26-17(29)24-4)13(9-27)14(23)10-28/h5-9,15,23,25,28H,10H2,1-4H3,(H2,24,26,29)/b16-13+,23-14?. The number of nitrogens with one attached hydrogen (secondary N) is 4. The molecule has 1 aromatic carbocycles. The predicted octanol–water partition coefficient (Wildman–Crippen LogP) is 2.73. The van der Waals surface area contributed by atoms with Crippen molar-refractivity contribution in [1.29, 1.82) is 5.41 Å². The SMILES string of the molecule is CNC(=O)N/C(NC(c1ccc(C(F)(F)F)cc1)C(C)(C)C)=C(\C=O)C(=N)CO. The summed E-state index contributed by atoms with van der Waals surface area (Å²) in [5, 5.41) is 24.6. The van der Waals surface area contributed by atoms with E-state index < -0.39 is 41.5 Å². The number of aliphatic hydroxyl groups is 1. The minimum Gasteiger partial charge on any atom is -0.390 e. The Kier molecular flexibility index (Phi) is 7.96. The summed E-state index contributed by atoms with van der Waals surface area (Å²) < 4.78 is 38.6. The molecule has 0 saturated heterocycles. The van der Waals surface area contributed by atoms with Gasteiger partial charge in [0, 0.05) is 7.05 Å². The molecule has 0 bridgehead atoms. The van der Waals surface area contributed by atoms with E-state index in [9.17, 15) is 27.9 Å². The highest BCUT2D eigenvalue weighted by Crippen LogP contribution is 2.36. The second-order valence-corrected chi connectivity index (χ2v) is 7.31. The minimum atomic E-state index is -4.48. The zero-order valence-corrected chi connectivity index (χ0v) is 16.6. The number of benzene rings is 1. The lowest BCUT2D eigenvalue weighted by molar-refractivity contribution is -0.137. The van der Waals surface area contributed by atoms with E-state index in [1.165, 1.54) is 19.2 Å². The molecule has 0 aliphatic carbocycles. The lowest BCUT2D eigenvalue weighted by Gasteiger charge is -2.34. The van der Waals surface area contributed by atoms with Gasteiger partial charge in [0.15, 0.2) is 6.29 Å². The topological polar surface area (TPSA) is 114 Å². The smallest absolute Gasteiger partial charge is 0.390 e. The Bertz CT molecular complexity index is 781. The van der Waals surface area contributed by atoms with Gasteiger partial charge in [0.2, 0.25) is 0 Å². The van der Waals surface area contributed by atoms with Crippen LogP contribution in [-0.4, -0.2) is 36.8 Å². The second kappa shape index (κ2) is 9.55. The molecule has 29 heavy (non-hydrogen) atoms. The van der Waals surface area contributed by atoms with Crippen LogP contribution in [-0.2, 0) is 11.0 Å². The number of urea groups is 1. The first-order valence-electron chi connectivity index (χ1n) is 8.65. The van der Waals surface area contributed by atoms with E-state index in [0.29, 0.717) is 11.8 Å². The third-order valence-corrected chi connectivity index (χ3v) is 4.06. The number of alkyl halides is 3. The van der Waals surface area contributed by atoms with Gasteiger partial charge in [-0.15, -0.1) is 0 Å². The number of aldehydes is 1. The van der Waals surface area contributed by atoms with E-state index in [2.05, 4.69) is 16.0 Å². The van der Waals surface area contributed by atoms with Gasteiger partial charge in [-0.05, 0) is 23.1 Å². The van der Waals surface area contributed by atoms with Gasteiger partial charge in [0.05, 0.1) is 29.5 Å². The average molecular weight is 414 g/mol. The zero-order chi connectivity index (χ0) is 22.4. The molecule has 160 valence electrons. The number of hydrogen-bond donors (Lipinski definition) is 5. The molecule has 0 radical (unpaired) electrons. The molecule has 0 spiro atoms. The number of aliphatic hydroxyl groups excluding tert-OH is 1. The second-order valence-electron chi connectivity index (χ2n) is 7.31. The summed E-state index contributed by atoms with van der Waals surface area (Å²) in [6.45, 7) is 4.71. The summed E-state index contributed by atoms with van der Waals surface area (Å²) in [6.07, 6.45) is -4.17. The van der Waals surface area contributed by atoms with E-state index in [1.54, 1.807) is 0 Å². The Morgan fingerprint density at radius 3 is 2.14 bits per heavy atom. The maximum Gasteiger partial charge on any atom is 0.416 e. The molecule has 0 saturated carbocycles. The van der Waals surface area contributed by atoms with Crippen molar-refractivity contribution in [3.05, 3.63) is 46.8 Å². The number of amides is 2. The van der Waals surface area contributed by atoms with Crippen LogP contribution >= 0.6 is 0 Å². The van der Waals surface area contributed by atoms with Crippen molar-refractivity contribution in [2.45, 2.75) is 33.0 Å². The zero-order valence-electron chi connectivity index (χ0n) is 16.6. The fourth-order valence-electron chi connectivity index (χ4n) is 2.53. The van der Waals surface area contributed by atoms with Crippen LogP contribution in [0.5, 0.6) is 0 Å². The Balaban J connectivity index is 3.45. The Morgan fingerprint density at radius 2 is 1.76 bits per heavy atom. The molecule has 10 heteroatoms. The number of halogens is 3. The molecule has 7 nitrogen and oxygen atoms in total. The van der Waals surface area contributed by atoms with Crippen LogP contribution < -0.4 is 16.0 Å². The Morgan fingerprint density at radius 1 is 1.21 bits per heavy atom. The number of hydrogen-bond acceptors (Lipinski definition) is 5. The summed E-state index contributed by atoms with van der Waals surface area (Å²) in [4.78, 5) is 23.3. The van der Waals surface area contributed by atoms with Gasteiger partial charge in [0.1, 0.15) is 5.82 Å². The minimum absolute atomic E-state index is 0.141. The molecule has 2 amide bonds. The maximum absolute atomic E-state index is 12.9. The van der Waals surface area contributed by atoms with E-state index in [-0.39, 0.29) is 11.4 Å². The van der Waals surface area contributed by atoms with E-state index in [0.717, 1.165) is 12.1 Å². The first-order chi connectivity index (χ1) is 13.3. The maximum atomic E-state index is 12.9. The van der Waals surface area contributed by atoms with Crippen LogP contribution in [0, 0.1) is 10.8 Å². The van der Waals surface area contributed by atoms with E-state index in [1.807, 2.05) is 20.8 Å². The third-order valence-electron chi connectivity index (χ3n) is 4.06. The fourth-order valence-corrected chi connectivity index (χ4v) is 2.53. The van der Waals surface area contributed by atoms with Gasteiger partial charge < -0.3 is 21.1 Å². The number of carbonyl (C=O) groups excluding carboxylic acids is 2. The lowest BCUT2D eigenvalue weighted by atomic mass is 9.82. The summed E-state index contributed by atoms with van der Waals surface area (Å²) in [5.74, 6) is -0.141. The van der Waals surface area contributed by atoms with Crippen molar-refractivity contribution in [2.75, 3.05) is 13.7 Å². The van der Waals surface area contributed by atoms with Crippen LogP contribution in [0.25, 0.3) is 0 Å². The monoisotopic (exact) mass is 414 g/mol. The molecule has 0 aromatic heterocycles. The van der Waals surface area contributed by atoms with Crippen LogP contribution in [0.15, 0.2) is 35.7 Å². The molecule has 1 unspecified atom stereocenters. The molecule has 1 aromatic rings. The molecule has 1 atom stereocenters. The first kappa shape index (κ1) is 24.2. The van der Waals surface area contributed by atoms with Crippen LogP contribution in [0.1, 0.15) is 37.9 Å². The van der Waals surface area contributed by atoms with Crippen molar-refractivity contribution >= 4 is 18.0 Å². The van der Waals surface area contributed by atoms with Crippen LogP contribution in [0.2, 0.25) is 0 Å². The molecular formula is C19H25F3N4O3. The summed E-state index contributed by atoms with van der Waals surface area (Å²) in [7, 11) is 1.35.